The van der Waals surface area contributed by atoms with Gasteiger partial charge in [0.05, 0.1) is 6.61 Å². The molecule has 3 aromatic rings. The molecule has 8 heteroatoms. The van der Waals surface area contributed by atoms with Crippen LogP contribution in [0.2, 0.25) is 0 Å². The lowest BCUT2D eigenvalue weighted by atomic mass is 10.1. The van der Waals surface area contributed by atoms with Crippen LogP contribution in [0, 0.1) is 11.6 Å². The van der Waals surface area contributed by atoms with Gasteiger partial charge in [-0.3, -0.25) is 10.1 Å². The number of anilines is 1. The molecule has 0 bridgehead atoms. The SMILES string of the molecule is COC[C@H](C)Oc1cc(C=Cc2cc(F)ccc2F)cc(C(=O)Nc2nccs2)c1. The van der Waals surface area contributed by atoms with Gasteiger partial charge in [0.15, 0.2) is 5.13 Å². The summed E-state index contributed by atoms with van der Waals surface area (Å²) in [5, 5.41) is 4.94. The van der Waals surface area contributed by atoms with E-state index >= 15 is 0 Å². The van der Waals surface area contributed by atoms with Crippen molar-refractivity contribution in [1.29, 1.82) is 0 Å². The fourth-order valence-corrected chi connectivity index (χ4v) is 3.23. The maximum atomic E-state index is 13.9. The Balaban J connectivity index is 1.91. The van der Waals surface area contributed by atoms with Gasteiger partial charge in [0.25, 0.3) is 5.91 Å². The number of rotatable bonds is 8. The molecule has 1 heterocycles. The third-order valence-electron chi connectivity index (χ3n) is 4.00. The molecule has 0 unspecified atom stereocenters. The molecule has 0 saturated carbocycles. The molecule has 5 nitrogen and oxygen atoms in total. The van der Waals surface area contributed by atoms with E-state index in [1.165, 1.54) is 17.4 Å². The van der Waals surface area contributed by atoms with Gasteiger partial charge in [0.2, 0.25) is 0 Å². The summed E-state index contributed by atoms with van der Waals surface area (Å²) in [6.45, 7) is 2.21. The monoisotopic (exact) mass is 430 g/mol. The van der Waals surface area contributed by atoms with E-state index in [-0.39, 0.29) is 17.6 Å². The van der Waals surface area contributed by atoms with Gasteiger partial charge in [-0.15, -0.1) is 11.3 Å². The van der Waals surface area contributed by atoms with E-state index in [1.807, 2.05) is 6.92 Å². The second kappa shape index (κ2) is 10.1. The summed E-state index contributed by atoms with van der Waals surface area (Å²) >= 11 is 1.30. The Morgan fingerprint density at radius 3 is 2.80 bits per heavy atom. The van der Waals surface area contributed by atoms with E-state index in [0.29, 0.717) is 28.6 Å². The normalized spacial score (nSPS) is 12.1. The Labute approximate surface area is 177 Å². The Morgan fingerprint density at radius 1 is 1.23 bits per heavy atom. The minimum atomic E-state index is -0.546. The Morgan fingerprint density at radius 2 is 2.07 bits per heavy atom. The molecule has 0 radical (unpaired) electrons. The van der Waals surface area contributed by atoms with Gasteiger partial charge in [-0.05, 0) is 48.9 Å². The highest BCUT2D eigenvalue weighted by Crippen LogP contribution is 2.23. The Bertz CT molecular complexity index is 1040. The lowest BCUT2D eigenvalue weighted by Gasteiger charge is -2.15. The van der Waals surface area contributed by atoms with Crippen molar-refractivity contribution in [2.75, 3.05) is 19.0 Å². The van der Waals surface area contributed by atoms with Gasteiger partial charge in [-0.25, -0.2) is 13.8 Å². The van der Waals surface area contributed by atoms with Crippen LogP contribution in [0.4, 0.5) is 13.9 Å². The minimum absolute atomic E-state index is 0.0999. The number of nitrogens with one attached hydrogen (secondary N) is 1. The highest BCUT2D eigenvalue weighted by atomic mass is 32.1. The van der Waals surface area contributed by atoms with Crippen LogP contribution in [0.5, 0.6) is 5.75 Å². The number of methoxy groups -OCH3 is 1. The van der Waals surface area contributed by atoms with Crippen LogP contribution < -0.4 is 10.1 Å². The van der Waals surface area contributed by atoms with E-state index < -0.39 is 11.6 Å². The predicted octanol–water partition coefficient (Wildman–Crippen LogP) is 5.26. The first-order chi connectivity index (χ1) is 14.4. The number of nitrogens with zero attached hydrogens (tertiary/aromatic N) is 1. The predicted molar refractivity (Wildman–Crippen MR) is 114 cm³/mol. The van der Waals surface area contributed by atoms with Crippen molar-refractivity contribution in [3.05, 3.63) is 76.3 Å². The van der Waals surface area contributed by atoms with Gasteiger partial charge >= 0.3 is 0 Å². The van der Waals surface area contributed by atoms with Crippen molar-refractivity contribution >= 4 is 34.5 Å². The first-order valence-corrected chi connectivity index (χ1v) is 9.97. The van der Waals surface area contributed by atoms with Gasteiger partial charge in [-0.2, -0.15) is 0 Å². The molecule has 30 heavy (non-hydrogen) atoms. The number of aromatic nitrogens is 1. The molecule has 1 amide bonds. The summed E-state index contributed by atoms with van der Waals surface area (Å²) in [6, 6.07) is 8.16. The minimum Gasteiger partial charge on any atom is -0.488 e. The molecule has 0 aliphatic heterocycles. The zero-order valence-corrected chi connectivity index (χ0v) is 17.2. The topological polar surface area (TPSA) is 60.5 Å². The first-order valence-electron chi connectivity index (χ1n) is 9.09. The third-order valence-corrected chi connectivity index (χ3v) is 4.68. The summed E-state index contributed by atoms with van der Waals surface area (Å²) < 4.78 is 38.2. The van der Waals surface area contributed by atoms with Crippen LogP contribution in [-0.4, -0.2) is 30.7 Å². The lowest BCUT2D eigenvalue weighted by molar-refractivity contribution is 0.0917. The fourth-order valence-electron chi connectivity index (χ4n) is 2.70. The Kier molecular flexibility index (Phi) is 7.26. The molecule has 0 aliphatic carbocycles. The third kappa shape index (κ3) is 5.95. The number of ether oxygens (including phenoxy) is 2. The number of thiazole rings is 1. The van der Waals surface area contributed by atoms with Gasteiger partial charge in [-0.1, -0.05) is 12.2 Å². The summed E-state index contributed by atoms with van der Waals surface area (Å²) in [7, 11) is 1.57. The van der Waals surface area contributed by atoms with E-state index in [4.69, 9.17) is 9.47 Å². The Hall–Kier alpha value is -3.10. The zero-order chi connectivity index (χ0) is 21.5. The van der Waals surface area contributed by atoms with E-state index in [9.17, 15) is 13.6 Å². The van der Waals surface area contributed by atoms with Crippen molar-refractivity contribution in [3.63, 3.8) is 0 Å². The van der Waals surface area contributed by atoms with Gasteiger partial charge in [0, 0.05) is 29.8 Å². The fraction of sp³-hybridized carbons (Fsp3) is 0.182. The van der Waals surface area contributed by atoms with Crippen molar-refractivity contribution in [2.45, 2.75) is 13.0 Å². The molecular weight excluding hydrogens is 410 g/mol. The van der Waals surface area contributed by atoms with Crippen LogP contribution in [0.15, 0.2) is 48.0 Å². The molecular formula is C22H20F2N2O3S. The highest BCUT2D eigenvalue weighted by molar-refractivity contribution is 7.13. The molecule has 1 atom stereocenters. The van der Waals surface area contributed by atoms with Crippen molar-refractivity contribution in [2.24, 2.45) is 0 Å². The van der Waals surface area contributed by atoms with Crippen LogP contribution in [0.25, 0.3) is 12.2 Å². The molecule has 0 saturated heterocycles. The maximum absolute atomic E-state index is 13.9. The smallest absolute Gasteiger partial charge is 0.257 e. The summed E-state index contributed by atoms with van der Waals surface area (Å²) in [5.41, 5.74) is 1.03. The standard InChI is InChI=1S/C22H20F2N2O3S/c1-14(13-28-2)29-19-10-15(3-4-16-11-18(23)5-6-20(16)24)9-17(12-19)21(27)26-22-25-7-8-30-22/h3-12,14H,13H2,1-2H3,(H,25,26,27)/t14-/m0/s1. The second-order valence-corrected chi connectivity index (χ2v) is 7.36. The van der Waals surface area contributed by atoms with Crippen LogP contribution in [0.1, 0.15) is 28.4 Å². The summed E-state index contributed by atoms with van der Waals surface area (Å²) in [5.74, 6) is -0.993. The highest BCUT2D eigenvalue weighted by Gasteiger charge is 2.12. The van der Waals surface area contributed by atoms with Crippen molar-refractivity contribution in [3.8, 4) is 5.75 Å². The number of halogens is 2. The average molecular weight is 430 g/mol. The van der Waals surface area contributed by atoms with Crippen LogP contribution in [0.3, 0.4) is 0 Å². The largest absolute Gasteiger partial charge is 0.488 e. The number of hydrogen-bond donors (Lipinski definition) is 1. The molecule has 0 fully saturated rings. The van der Waals surface area contributed by atoms with Crippen molar-refractivity contribution < 1.29 is 23.0 Å². The maximum Gasteiger partial charge on any atom is 0.257 e. The number of amides is 1. The number of benzene rings is 2. The zero-order valence-electron chi connectivity index (χ0n) is 16.4. The number of carbonyl (C=O) groups excluding carboxylic acids is 1. The molecule has 0 spiro atoms. The first kappa shape index (κ1) is 21.6. The lowest BCUT2D eigenvalue weighted by Crippen LogP contribution is -2.18. The molecule has 1 aromatic heterocycles. The van der Waals surface area contributed by atoms with Crippen molar-refractivity contribution in [1.82, 2.24) is 4.98 Å². The average Bonchev–Trinajstić information content (AvgIpc) is 3.21. The molecule has 156 valence electrons. The summed E-state index contributed by atoms with van der Waals surface area (Å²) in [6.07, 6.45) is 4.38. The van der Waals surface area contributed by atoms with Crippen LogP contribution in [-0.2, 0) is 4.74 Å². The number of hydrogen-bond acceptors (Lipinski definition) is 5. The second-order valence-electron chi connectivity index (χ2n) is 6.47. The van der Waals surface area contributed by atoms with Gasteiger partial charge in [0.1, 0.15) is 23.5 Å². The molecule has 3 rings (SSSR count). The van der Waals surface area contributed by atoms with E-state index in [1.54, 1.807) is 43.0 Å². The van der Waals surface area contributed by atoms with Gasteiger partial charge < -0.3 is 9.47 Å². The molecule has 2 aromatic carbocycles. The summed E-state index contributed by atoms with van der Waals surface area (Å²) in [4.78, 5) is 16.7. The van der Waals surface area contributed by atoms with Crippen LogP contribution >= 0.6 is 11.3 Å². The number of carbonyl (C=O) groups is 1. The quantitative estimate of drug-likeness (QED) is 0.496. The molecule has 1 N–H and O–H groups in total. The molecule has 0 aliphatic rings. The van der Waals surface area contributed by atoms with E-state index in [2.05, 4.69) is 10.3 Å². The van der Waals surface area contributed by atoms with E-state index in [0.717, 1.165) is 18.2 Å².